The van der Waals surface area contributed by atoms with E-state index >= 15 is 0 Å². The first-order valence-electron chi connectivity index (χ1n) is 8.55. The van der Waals surface area contributed by atoms with Crippen LogP contribution in [0, 0.1) is 68.5 Å². The van der Waals surface area contributed by atoms with E-state index in [2.05, 4.69) is 36.4 Å². The van der Waals surface area contributed by atoms with Crippen LogP contribution >= 0.6 is 0 Å². The van der Waals surface area contributed by atoms with Crippen molar-refractivity contribution >= 4 is 0 Å². The smallest absolute Gasteiger partial charge is 0.147 e. The van der Waals surface area contributed by atoms with Gasteiger partial charge in [-0.3, -0.25) is 0 Å². The van der Waals surface area contributed by atoms with Crippen molar-refractivity contribution in [3.8, 4) is 18.2 Å². The van der Waals surface area contributed by atoms with Crippen LogP contribution in [-0.4, -0.2) is 0 Å². The molecule has 3 heteroatoms. The first-order valence-corrected chi connectivity index (χ1v) is 8.55. The lowest BCUT2D eigenvalue weighted by molar-refractivity contribution is 0.259. The number of hydrogen-bond acceptors (Lipinski definition) is 3. The molecule has 1 unspecified atom stereocenters. The predicted molar refractivity (Wildman–Crippen MR) is 80.4 cm³/mol. The Bertz CT molecular complexity index is 898. The SMILES string of the molecule is N#CC1(C#N)CC23[C@@H]4[C@@H](CC[C@@H]41)[C@@H]1c4ccccc4[C@]2(C#N)[C@@H]13. The lowest BCUT2D eigenvalue weighted by atomic mass is 9.76. The van der Waals surface area contributed by atoms with E-state index < -0.39 is 10.8 Å². The van der Waals surface area contributed by atoms with E-state index in [4.69, 9.17) is 0 Å². The molecule has 6 rings (SSSR count). The van der Waals surface area contributed by atoms with E-state index in [1.807, 2.05) is 6.07 Å². The van der Waals surface area contributed by atoms with E-state index in [1.54, 1.807) is 0 Å². The fraction of sp³-hybridized carbons (Fsp3) is 0.550. The van der Waals surface area contributed by atoms with E-state index in [0.29, 0.717) is 30.1 Å². The Kier molecular flexibility index (Phi) is 1.67. The Morgan fingerprint density at radius 2 is 1.78 bits per heavy atom. The Morgan fingerprint density at radius 3 is 2.52 bits per heavy atom. The second kappa shape index (κ2) is 3.16. The van der Waals surface area contributed by atoms with Crippen molar-refractivity contribution in [2.45, 2.75) is 30.6 Å². The summed E-state index contributed by atoms with van der Waals surface area (Å²) < 4.78 is 0. The van der Waals surface area contributed by atoms with Crippen LogP contribution in [0.1, 0.15) is 36.3 Å². The van der Waals surface area contributed by atoms with E-state index in [9.17, 15) is 15.8 Å². The Labute approximate surface area is 135 Å². The third-order valence-corrected chi connectivity index (χ3v) is 8.32. The molecular formula is C20H15N3. The fourth-order valence-corrected chi connectivity index (χ4v) is 8.06. The van der Waals surface area contributed by atoms with Gasteiger partial charge in [0.1, 0.15) is 5.41 Å². The molecule has 0 N–H and O–H groups in total. The normalized spacial score (nSPS) is 51.1. The van der Waals surface area contributed by atoms with Crippen LogP contribution in [0.5, 0.6) is 0 Å². The van der Waals surface area contributed by atoms with Crippen molar-refractivity contribution in [1.82, 2.24) is 0 Å². The maximum atomic E-state index is 10.2. The lowest BCUT2D eigenvalue weighted by Gasteiger charge is -2.24. The first kappa shape index (κ1) is 12.2. The van der Waals surface area contributed by atoms with Crippen molar-refractivity contribution in [2.75, 3.05) is 0 Å². The highest BCUT2D eigenvalue weighted by Crippen LogP contribution is 2.95. The molecule has 3 nitrogen and oxygen atoms in total. The van der Waals surface area contributed by atoms with Gasteiger partial charge >= 0.3 is 0 Å². The molecule has 0 radical (unpaired) electrons. The maximum absolute atomic E-state index is 10.2. The molecule has 4 saturated carbocycles. The molecule has 1 aromatic rings. The van der Waals surface area contributed by atoms with Crippen molar-refractivity contribution in [3.63, 3.8) is 0 Å². The summed E-state index contributed by atoms with van der Waals surface area (Å²) in [5.41, 5.74) is 1.26. The molecule has 4 fully saturated rings. The molecule has 0 amide bonds. The average Bonchev–Trinajstić information content (AvgIpc) is 3.02. The quantitative estimate of drug-likeness (QED) is 0.738. The summed E-state index contributed by atoms with van der Waals surface area (Å²) in [6.45, 7) is 0. The molecule has 5 aliphatic carbocycles. The fourth-order valence-electron chi connectivity index (χ4n) is 8.06. The number of rotatable bonds is 0. The number of fused-ring (bicyclic) bond motifs is 4. The largest absolute Gasteiger partial charge is 0.197 e. The van der Waals surface area contributed by atoms with Crippen molar-refractivity contribution in [2.24, 2.45) is 34.5 Å². The molecule has 1 aromatic carbocycles. The molecule has 23 heavy (non-hydrogen) atoms. The average molecular weight is 297 g/mol. The molecule has 0 saturated heterocycles. The number of nitriles is 3. The first-order chi connectivity index (χ1) is 11.2. The second-order valence-corrected chi connectivity index (χ2v) is 8.30. The van der Waals surface area contributed by atoms with Gasteiger partial charge in [0.15, 0.2) is 0 Å². The summed E-state index contributed by atoms with van der Waals surface area (Å²) in [4.78, 5) is 0. The van der Waals surface area contributed by atoms with Crippen LogP contribution in [0.2, 0.25) is 0 Å². The monoisotopic (exact) mass is 297 g/mol. The number of benzene rings is 1. The molecule has 0 bridgehead atoms. The minimum atomic E-state index is -0.854. The maximum Gasteiger partial charge on any atom is 0.147 e. The molecular weight excluding hydrogens is 282 g/mol. The van der Waals surface area contributed by atoms with Crippen molar-refractivity contribution in [3.05, 3.63) is 35.4 Å². The minimum absolute atomic E-state index is 0.0853. The molecule has 0 heterocycles. The van der Waals surface area contributed by atoms with E-state index in [-0.39, 0.29) is 11.3 Å². The van der Waals surface area contributed by atoms with Gasteiger partial charge in [0.05, 0.1) is 23.6 Å². The zero-order valence-corrected chi connectivity index (χ0v) is 12.7. The summed E-state index contributed by atoms with van der Waals surface area (Å²) in [6.07, 6.45) is 2.74. The summed E-state index contributed by atoms with van der Waals surface area (Å²) in [5, 5.41) is 29.8. The van der Waals surface area contributed by atoms with Gasteiger partial charge in [-0.2, -0.15) is 15.8 Å². The van der Waals surface area contributed by atoms with Gasteiger partial charge in [0, 0.05) is 5.41 Å². The lowest BCUT2D eigenvalue weighted by Crippen LogP contribution is -2.25. The Hall–Kier alpha value is -2.31. The summed E-state index contributed by atoms with van der Waals surface area (Å²) in [5.74, 6) is 2.03. The van der Waals surface area contributed by atoms with Crippen LogP contribution in [0.15, 0.2) is 24.3 Å². The number of nitrogens with zero attached hydrogens (tertiary/aromatic N) is 3. The van der Waals surface area contributed by atoms with Crippen molar-refractivity contribution in [1.29, 1.82) is 15.8 Å². The van der Waals surface area contributed by atoms with Crippen molar-refractivity contribution < 1.29 is 0 Å². The second-order valence-electron chi connectivity index (χ2n) is 8.30. The topological polar surface area (TPSA) is 71.4 Å². The van der Waals surface area contributed by atoms with Gasteiger partial charge in [0.2, 0.25) is 0 Å². The summed E-state index contributed by atoms with van der Waals surface area (Å²) in [6, 6.07) is 16.0. The highest BCUT2D eigenvalue weighted by molar-refractivity contribution is 5.66. The van der Waals surface area contributed by atoms with Crippen LogP contribution in [0.25, 0.3) is 0 Å². The highest BCUT2D eigenvalue weighted by Gasteiger charge is 2.95. The molecule has 0 aliphatic heterocycles. The molecule has 7 atom stereocenters. The van der Waals surface area contributed by atoms with Gasteiger partial charge in [-0.15, -0.1) is 0 Å². The van der Waals surface area contributed by atoms with Gasteiger partial charge in [-0.25, -0.2) is 0 Å². The summed E-state index contributed by atoms with van der Waals surface area (Å²) in [7, 11) is 0. The Morgan fingerprint density at radius 1 is 1.00 bits per heavy atom. The molecule has 0 aromatic heterocycles. The van der Waals surface area contributed by atoms with E-state index in [0.717, 1.165) is 12.8 Å². The Balaban J connectivity index is 1.66. The number of hydrogen-bond donors (Lipinski definition) is 0. The third kappa shape index (κ3) is 0.839. The van der Waals surface area contributed by atoms with Gasteiger partial charge in [-0.1, -0.05) is 24.3 Å². The predicted octanol–water partition coefficient (Wildman–Crippen LogP) is 3.25. The standard InChI is InChI=1S/C20H15N3/c21-8-18(9-22)7-19-16-12(5-6-14(16)18)15-11-3-1-2-4-13(11)20(19,10-23)17(15)19/h1-4,12,14-17H,5-7H2/t12-,14-,15-,16+,17-,19?,20+/m0/s1. The minimum Gasteiger partial charge on any atom is -0.197 e. The zero-order valence-electron chi connectivity index (χ0n) is 12.7. The summed E-state index contributed by atoms with van der Waals surface area (Å²) >= 11 is 0. The van der Waals surface area contributed by atoms with Gasteiger partial charge < -0.3 is 0 Å². The van der Waals surface area contributed by atoms with Gasteiger partial charge in [-0.05, 0) is 60.0 Å². The molecule has 110 valence electrons. The van der Waals surface area contributed by atoms with E-state index in [1.165, 1.54) is 11.1 Å². The third-order valence-electron chi connectivity index (χ3n) is 8.32. The molecule has 5 aliphatic rings. The van der Waals surface area contributed by atoms with Crippen LogP contribution in [-0.2, 0) is 5.41 Å². The van der Waals surface area contributed by atoms with Crippen LogP contribution < -0.4 is 0 Å². The molecule has 1 spiro atoms. The van der Waals surface area contributed by atoms with Gasteiger partial charge in [0.25, 0.3) is 0 Å². The highest BCUT2D eigenvalue weighted by atomic mass is 15.0. The zero-order chi connectivity index (χ0) is 15.6. The van der Waals surface area contributed by atoms with Crippen LogP contribution in [0.4, 0.5) is 0 Å². The van der Waals surface area contributed by atoms with Crippen LogP contribution in [0.3, 0.4) is 0 Å².